The average Bonchev–Trinajstić information content (AvgIpc) is 2.64. The van der Waals surface area contributed by atoms with Crippen molar-refractivity contribution in [2.75, 3.05) is 44.9 Å². The Hall–Kier alpha value is -0.660. The lowest BCUT2D eigenvalue weighted by atomic mass is 10.1. The standard InChI is InChI=1S/C10H19NO5S/c1-16-6-4-11(3-5-12)10(13)9-2-7-17(14,15)8-9/h9,12H,2-8H2,1H3. The molecule has 6 nitrogen and oxygen atoms in total. The minimum absolute atomic E-state index is 0.0687. The Morgan fingerprint density at radius 2 is 2.18 bits per heavy atom. The summed E-state index contributed by atoms with van der Waals surface area (Å²) in [4.78, 5) is 13.5. The molecule has 0 bridgehead atoms. The Labute approximate surface area is 101 Å². The minimum Gasteiger partial charge on any atom is -0.395 e. The van der Waals surface area contributed by atoms with Gasteiger partial charge >= 0.3 is 0 Å². The summed E-state index contributed by atoms with van der Waals surface area (Å²) >= 11 is 0. The lowest BCUT2D eigenvalue weighted by Crippen LogP contribution is -2.40. The molecule has 0 spiro atoms. The molecule has 17 heavy (non-hydrogen) atoms. The fourth-order valence-electron chi connectivity index (χ4n) is 1.90. The van der Waals surface area contributed by atoms with E-state index in [0.29, 0.717) is 19.6 Å². The second kappa shape index (κ2) is 6.32. The van der Waals surface area contributed by atoms with Gasteiger partial charge in [0.25, 0.3) is 0 Å². The Bertz CT molecular complexity index is 354. The maximum atomic E-state index is 12.0. The lowest BCUT2D eigenvalue weighted by molar-refractivity contribution is -0.135. The number of methoxy groups -OCH3 is 1. The fourth-order valence-corrected chi connectivity index (χ4v) is 3.63. The SMILES string of the molecule is COCCN(CCO)C(=O)C1CCS(=O)(=O)C1. The summed E-state index contributed by atoms with van der Waals surface area (Å²) in [6, 6.07) is 0. The summed E-state index contributed by atoms with van der Waals surface area (Å²) in [6.07, 6.45) is 0.385. The zero-order valence-electron chi connectivity index (χ0n) is 9.96. The Kier molecular flexibility index (Phi) is 5.35. The number of ether oxygens (including phenoxy) is 1. The molecular formula is C10H19NO5S. The summed E-state index contributed by atoms with van der Waals surface area (Å²) in [7, 11) is -1.52. The number of sulfone groups is 1. The second-order valence-corrected chi connectivity index (χ2v) is 6.37. The molecule has 0 aliphatic carbocycles. The molecule has 1 aliphatic heterocycles. The van der Waals surface area contributed by atoms with Crippen LogP contribution in [0.25, 0.3) is 0 Å². The van der Waals surface area contributed by atoms with Crippen LogP contribution in [-0.2, 0) is 19.4 Å². The number of hydrogen-bond acceptors (Lipinski definition) is 5. The molecule has 1 fully saturated rings. The largest absolute Gasteiger partial charge is 0.395 e. The van der Waals surface area contributed by atoms with Crippen molar-refractivity contribution in [1.29, 1.82) is 0 Å². The van der Waals surface area contributed by atoms with Crippen molar-refractivity contribution in [2.24, 2.45) is 5.92 Å². The van der Waals surface area contributed by atoms with Crippen molar-refractivity contribution in [1.82, 2.24) is 4.90 Å². The van der Waals surface area contributed by atoms with Crippen LogP contribution >= 0.6 is 0 Å². The van der Waals surface area contributed by atoms with Gasteiger partial charge in [-0.3, -0.25) is 4.79 Å². The van der Waals surface area contributed by atoms with Crippen LogP contribution in [-0.4, -0.2) is 69.3 Å². The van der Waals surface area contributed by atoms with Crippen molar-refractivity contribution in [3.63, 3.8) is 0 Å². The van der Waals surface area contributed by atoms with E-state index in [1.165, 1.54) is 12.0 Å². The van der Waals surface area contributed by atoms with E-state index >= 15 is 0 Å². The van der Waals surface area contributed by atoms with Gasteiger partial charge in [-0.2, -0.15) is 0 Å². The van der Waals surface area contributed by atoms with Crippen molar-refractivity contribution < 1.29 is 23.1 Å². The Balaban J connectivity index is 2.58. The maximum Gasteiger partial charge on any atom is 0.226 e. The third-order valence-electron chi connectivity index (χ3n) is 2.83. The Morgan fingerprint density at radius 1 is 1.47 bits per heavy atom. The van der Waals surface area contributed by atoms with Crippen LogP contribution in [0.4, 0.5) is 0 Å². The number of amides is 1. The molecule has 1 aliphatic rings. The van der Waals surface area contributed by atoms with Crippen molar-refractivity contribution in [3.05, 3.63) is 0 Å². The first-order valence-corrected chi connectivity index (χ1v) is 7.41. The molecule has 1 atom stereocenters. The van der Waals surface area contributed by atoms with Crippen LogP contribution in [0.5, 0.6) is 0 Å². The number of carbonyl (C=O) groups excluding carboxylic acids is 1. The van der Waals surface area contributed by atoms with Crippen LogP contribution < -0.4 is 0 Å². The van der Waals surface area contributed by atoms with Gasteiger partial charge in [0.2, 0.25) is 5.91 Å². The Morgan fingerprint density at radius 3 is 2.65 bits per heavy atom. The van der Waals surface area contributed by atoms with E-state index in [4.69, 9.17) is 9.84 Å². The molecule has 1 unspecified atom stereocenters. The normalized spacial score (nSPS) is 22.6. The molecule has 1 amide bonds. The second-order valence-electron chi connectivity index (χ2n) is 4.14. The topological polar surface area (TPSA) is 83.9 Å². The van der Waals surface area contributed by atoms with Crippen LogP contribution in [0.15, 0.2) is 0 Å². The van der Waals surface area contributed by atoms with Crippen LogP contribution in [0.1, 0.15) is 6.42 Å². The molecule has 1 rings (SSSR count). The van der Waals surface area contributed by atoms with Crippen LogP contribution in [0, 0.1) is 5.92 Å². The molecule has 0 aromatic rings. The number of hydrogen-bond donors (Lipinski definition) is 1. The quantitative estimate of drug-likeness (QED) is 0.658. The molecular weight excluding hydrogens is 246 g/mol. The number of rotatable bonds is 6. The highest BCUT2D eigenvalue weighted by atomic mass is 32.2. The number of aliphatic hydroxyl groups excluding tert-OH is 1. The van der Waals surface area contributed by atoms with Gasteiger partial charge in [0.05, 0.1) is 30.6 Å². The van der Waals surface area contributed by atoms with Gasteiger partial charge in [-0.05, 0) is 6.42 Å². The summed E-state index contributed by atoms with van der Waals surface area (Å²) in [6.45, 7) is 0.852. The highest BCUT2D eigenvalue weighted by molar-refractivity contribution is 7.91. The smallest absolute Gasteiger partial charge is 0.226 e. The van der Waals surface area contributed by atoms with E-state index in [1.807, 2.05) is 0 Å². The van der Waals surface area contributed by atoms with E-state index in [9.17, 15) is 13.2 Å². The van der Waals surface area contributed by atoms with Gasteiger partial charge in [-0.1, -0.05) is 0 Å². The minimum atomic E-state index is -3.05. The van der Waals surface area contributed by atoms with Gasteiger partial charge in [-0.15, -0.1) is 0 Å². The summed E-state index contributed by atoms with van der Waals surface area (Å²) < 4.78 is 27.5. The first kappa shape index (κ1) is 14.4. The average molecular weight is 265 g/mol. The van der Waals surface area contributed by atoms with E-state index < -0.39 is 15.8 Å². The first-order chi connectivity index (χ1) is 8.00. The first-order valence-electron chi connectivity index (χ1n) is 5.59. The van der Waals surface area contributed by atoms with Crippen molar-refractivity contribution in [2.45, 2.75) is 6.42 Å². The molecule has 0 aromatic heterocycles. The summed E-state index contributed by atoms with van der Waals surface area (Å²) in [5, 5.41) is 8.88. The molecule has 0 radical (unpaired) electrons. The van der Waals surface area contributed by atoms with Crippen molar-refractivity contribution >= 4 is 15.7 Å². The highest BCUT2D eigenvalue weighted by Gasteiger charge is 2.35. The summed E-state index contributed by atoms with van der Waals surface area (Å²) in [5.74, 6) is -0.637. The van der Waals surface area contributed by atoms with E-state index in [2.05, 4.69) is 0 Å². The van der Waals surface area contributed by atoms with E-state index in [0.717, 1.165) is 0 Å². The van der Waals surface area contributed by atoms with E-state index in [1.54, 1.807) is 0 Å². The zero-order valence-corrected chi connectivity index (χ0v) is 10.8. The van der Waals surface area contributed by atoms with Gasteiger partial charge in [0.15, 0.2) is 9.84 Å². The highest BCUT2D eigenvalue weighted by Crippen LogP contribution is 2.20. The molecule has 0 saturated carbocycles. The van der Waals surface area contributed by atoms with Crippen molar-refractivity contribution in [3.8, 4) is 0 Å². The fraction of sp³-hybridized carbons (Fsp3) is 0.900. The zero-order chi connectivity index (χ0) is 12.9. The predicted molar refractivity (Wildman–Crippen MR) is 62.3 cm³/mol. The van der Waals surface area contributed by atoms with E-state index in [-0.39, 0.29) is 30.6 Å². The number of aliphatic hydroxyl groups is 1. The molecule has 0 aromatic carbocycles. The summed E-state index contributed by atoms with van der Waals surface area (Å²) in [5.41, 5.74) is 0. The molecule has 7 heteroatoms. The third-order valence-corrected chi connectivity index (χ3v) is 4.60. The monoisotopic (exact) mass is 265 g/mol. The van der Waals surface area contributed by atoms with Crippen LogP contribution in [0.2, 0.25) is 0 Å². The van der Waals surface area contributed by atoms with Gasteiger partial charge in [-0.25, -0.2) is 8.42 Å². The molecule has 100 valence electrons. The number of nitrogens with zero attached hydrogens (tertiary/aromatic N) is 1. The van der Waals surface area contributed by atoms with Crippen LogP contribution in [0.3, 0.4) is 0 Å². The lowest BCUT2D eigenvalue weighted by Gasteiger charge is -2.24. The maximum absolute atomic E-state index is 12.0. The molecule has 1 saturated heterocycles. The molecule has 1 N–H and O–H groups in total. The van der Waals surface area contributed by atoms with Gasteiger partial charge in [0.1, 0.15) is 0 Å². The predicted octanol–water partition coefficient (Wildman–Crippen LogP) is -1.11. The number of carbonyl (C=O) groups is 1. The third kappa shape index (κ3) is 4.25. The molecule has 1 heterocycles. The van der Waals surface area contributed by atoms with Gasteiger partial charge < -0.3 is 14.7 Å². The van der Waals surface area contributed by atoms with Gasteiger partial charge in [0, 0.05) is 20.2 Å².